The van der Waals surface area contributed by atoms with E-state index in [-0.39, 0.29) is 6.03 Å². The molecule has 2 aromatic rings. The van der Waals surface area contributed by atoms with E-state index < -0.39 is 0 Å². The fraction of sp³-hybridized carbons (Fsp3) is 0.474. The number of nitrogens with one attached hydrogen (secondary N) is 2. The van der Waals surface area contributed by atoms with E-state index in [1.165, 1.54) is 24.6 Å². The number of amides is 2. The van der Waals surface area contributed by atoms with E-state index in [4.69, 9.17) is 0 Å². The number of rotatable bonds is 3. The quantitative estimate of drug-likeness (QED) is 0.870. The third-order valence-electron chi connectivity index (χ3n) is 5.24. The van der Waals surface area contributed by atoms with Crippen LogP contribution in [0.4, 0.5) is 10.5 Å². The van der Waals surface area contributed by atoms with Gasteiger partial charge in [0.2, 0.25) is 0 Å². The minimum atomic E-state index is -0.000546. The number of carbonyl (C=O) groups excluding carboxylic acids is 1. The molecule has 2 amide bonds. The fourth-order valence-electron chi connectivity index (χ4n) is 3.76. The van der Waals surface area contributed by atoms with Crippen molar-refractivity contribution in [3.63, 3.8) is 0 Å². The first-order chi connectivity index (χ1) is 12.8. The van der Waals surface area contributed by atoms with Gasteiger partial charge in [-0.15, -0.1) is 0 Å². The monoisotopic (exact) mass is 371 g/mol. The Morgan fingerprint density at radius 2 is 2.00 bits per heavy atom. The van der Waals surface area contributed by atoms with Crippen LogP contribution in [0.15, 0.2) is 36.8 Å². The maximum absolute atomic E-state index is 12.6. The zero-order valence-electron chi connectivity index (χ0n) is 14.9. The normalized spacial score (nSPS) is 19.5. The van der Waals surface area contributed by atoms with E-state index in [1.54, 1.807) is 12.5 Å². The van der Waals surface area contributed by atoms with Gasteiger partial charge in [-0.05, 0) is 25.0 Å². The van der Waals surface area contributed by atoms with Crippen LogP contribution in [0.1, 0.15) is 12.8 Å². The minimum Gasteiger partial charge on any atom is -0.345 e. The van der Waals surface area contributed by atoms with Gasteiger partial charge in [-0.2, -0.15) is 11.8 Å². The second kappa shape index (κ2) is 8.14. The van der Waals surface area contributed by atoms with Crippen molar-refractivity contribution in [1.82, 2.24) is 19.8 Å². The Kier molecular flexibility index (Phi) is 5.45. The standard InChI is InChI=1S/C19H25N5OS/c25-19(22-16-3-1-2-15(12-16)18-13-20-14-21-18)24-6-4-17(5-7-24)23-8-10-26-11-9-23/h1-3,12-14,17H,4-11H2,(H,20,21)(H,22,25). The summed E-state index contributed by atoms with van der Waals surface area (Å²) in [5, 5.41) is 3.04. The molecule has 1 aromatic heterocycles. The number of aromatic amines is 1. The molecule has 0 aliphatic carbocycles. The summed E-state index contributed by atoms with van der Waals surface area (Å²) in [5.41, 5.74) is 2.78. The van der Waals surface area contributed by atoms with Crippen molar-refractivity contribution in [3.05, 3.63) is 36.8 Å². The molecule has 2 aliphatic rings. The van der Waals surface area contributed by atoms with Crippen LogP contribution in [0, 0.1) is 0 Å². The van der Waals surface area contributed by atoms with E-state index in [0.717, 1.165) is 42.9 Å². The lowest BCUT2D eigenvalue weighted by Gasteiger charge is -2.40. The number of nitrogens with zero attached hydrogens (tertiary/aromatic N) is 3. The summed E-state index contributed by atoms with van der Waals surface area (Å²) in [5.74, 6) is 2.49. The zero-order valence-corrected chi connectivity index (χ0v) is 15.7. The number of piperidine rings is 1. The largest absolute Gasteiger partial charge is 0.345 e. The highest BCUT2D eigenvalue weighted by Crippen LogP contribution is 2.23. The summed E-state index contributed by atoms with van der Waals surface area (Å²) in [6, 6.07) is 8.50. The second-order valence-electron chi connectivity index (χ2n) is 6.84. The number of benzene rings is 1. The van der Waals surface area contributed by atoms with E-state index >= 15 is 0 Å². The molecular formula is C19H25N5OS. The van der Waals surface area contributed by atoms with Crippen LogP contribution in [0.2, 0.25) is 0 Å². The van der Waals surface area contributed by atoms with Crippen LogP contribution in [0.3, 0.4) is 0 Å². The molecule has 138 valence electrons. The molecule has 2 saturated heterocycles. The zero-order chi connectivity index (χ0) is 17.8. The van der Waals surface area contributed by atoms with Crippen LogP contribution in [0.25, 0.3) is 11.3 Å². The maximum Gasteiger partial charge on any atom is 0.321 e. The number of anilines is 1. The highest BCUT2D eigenvalue weighted by Gasteiger charge is 2.27. The number of carbonyl (C=O) groups is 1. The molecule has 2 N–H and O–H groups in total. The second-order valence-corrected chi connectivity index (χ2v) is 8.07. The lowest BCUT2D eigenvalue weighted by atomic mass is 10.0. The van der Waals surface area contributed by atoms with Gasteiger partial charge in [-0.1, -0.05) is 12.1 Å². The molecule has 0 bridgehead atoms. The van der Waals surface area contributed by atoms with Crippen molar-refractivity contribution in [2.45, 2.75) is 18.9 Å². The van der Waals surface area contributed by atoms with Crippen LogP contribution in [-0.2, 0) is 0 Å². The maximum atomic E-state index is 12.6. The van der Waals surface area contributed by atoms with Gasteiger partial charge in [0.1, 0.15) is 0 Å². The molecule has 0 radical (unpaired) electrons. The Hall–Kier alpha value is -1.99. The summed E-state index contributed by atoms with van der Waals surface area (Å²) in [6.45, 7) is 4.06. The van der Waals surface area contributed by atoms with Gasteiger partial charge in [0.05, 0.1) is 18.2 Å². The van der Waals surface area contributed by atoms with E-state index in [0.29, 0.717) is 6.04 Å². The number of thioether (sulfide) groups is 1. The van der Waals surface area contributed by atoms with Crippen molar-refractivity contribution in [2.24, 2.45) is 0 Å². The summed E-state index contributed by atoms with van der Waals surface area (Å²) < 4.78 is 0. The number of hydrogen-bond donors (Lipinski definition) is 2. The van der Waals surface area contributed by atoms with Crippen molar-refractivity contribution >= 4 is 23.5 Å². The molecule has 1 aromatic carbocycles. The number of urea groups is 1. The Bertz CT molecular complexity index is 721. The predicted octanol–water partition coefficient (Wildman–Crippen LogP) is 3.12. The van der Waals surface area contributed by atoms with Crippen molar-refractivity contribution in [2.75, 3.05) is 43.0 Å². The molecule has 6 nitrogen and oxygen atoms in total. The van der Waals surface area contributed by atoms with Gasteiger partial charge >= 0.3 is 6.03 Å². The summed E-state index contributed by atoms with van der Waals surface area (Å²) in [4.78, 5) is 24.3. The lowest BCUT2D eigenvalue weighted by Crippen LogP contribution is -2.49. The van der Waals surface area contributed by atoms with Crippen LogP contribution >= 0.6 is 11.8 Å². The van der Waals surface area contributed by atoms with Gasteiger partial charge in [-0.3, -0.25) is 4.90 Å². The molecule has 0 spiro atoms. The van der Waals surface area contributed by atoms with Crippen LogP contribution < -0.4 is 5.32 Å². The first-order valence-corrected chi connectivity index (χ1v) is 10.4. The van der Waals surface area contributed by atoms with Crippen LogP contribution in [-0.4, -0.2) is 69.5 Å². The minimum absolute atomic E-state index is 0.000546. The van der Waals surface area contributed by atoms with Gasteiger partial charge in [0, 0.05) is 55.0 Å². The summed E-state index contributed by atoms with van der Waals surface area (Å²) in [6.07, 6.45) is 5.59. The number of likely N-dealkylation sites (tertiary alicyclic amines) is 1. The molecule has 0 saturated carbocycles. The molecule has 0 atom stereocenters. The van der Waals surface area contributed by atoms with E-state index in [9.17, 15) is 4.79 Å². The average Bonchev–Trinajstić information content (AvgIpc) is 3.24. The summed E-state index contributed by atoms with van der Waals surface area (Å²) in [7, 11) is 0. The Morgan fingerprint density at radius 1 is 1.19 bits per heavy atom. The predicted molar refractivity (Wildman–Crippen MR) is 107 cm³/mol. The molecule has 7 heteroatoms. The third-order valence-corrected chi connectivity index (χ3v) is 6.18. The Balaban J connectivity index is 1.32. The van der Waals surface area contributed by atoms with Crippen LogP contribution in [0.5, 0.6) is 0 Å². The van der Waals surface area contributed by atoms with E-state index in [1.807, 2.05) is 40.9 Å². The molecule has 0 unspecified atom stereocenters. The lowest BCUT2D eigenvalue weighted by molar-refractivity contribution is 0.130. The summed E-state index contributed by atoms with van der Waals surface area (Å²) >= 11 is 2.05. The van der Waals surface area contributed by atoms with Crippen molar-refractivity contribution in [1.29, 1.82) is 0 Å². The SMILES string of the molecule is O=C(Nc1cccc(-c2cnc[nH]2)c1)N1CCC(N2CCSCC2)CC1. The van der Waals surface area contributed by atoms with Gasteiger partial charge in [-0.25, -0.2) is 9.78 Å². The smallest absolute Gasteiger partial charge is 0.321 e. The molecule has 2 aliphatic heterocycles. The number of imidazole rings is 1. The highest BCUT2D eigenvalue weighted by atomic mass is 32.2. The van der Waals surface area contributed by atoms with Gasteiger partial charge < -0.3 is 15.2 Å². The molecule has 2 fully saturated rings. The number of aromatic nitrogens is 2. The fourth-order valence-corrected chi connectivity index (χ4v) is 4.69. The topological polar surface area (TPSA) is 64.3 Å². The van der Waals surface area contributed by atoms with Gasteiger partial charge in [0.15, 0.2) is 0 Å². The first kappa shape index (κ1) is 17.4. The molecule has 4 rings (SSSR count). The highest BCUT2D eigenvalue weighted by molar-refractivity contribution is 7.99. The number of hydrogen-bond acceptors (Lipinski definition) is 4. The van der Waals surface area contributed by atoms with E-state index in [2.05, 4.69) is 20.2 Å². The Labute approximate surface area is 158 Å². The van der Waals surface area contributed by atoms with Crippen molar-refractivity contribution in [3.8, 4) is 11.3 Å². The van der Waals surface area contributed by atoms with Gasteiger partial charge in [0.25, 0.3) is 0 Å². The molecular weight excluding hydrogens is 346 g/mol. The molecule has 3 heterocycles. The number of H-pyrrole nitrogens is 1. The van der Waals surface area contributed by atoms with Crippen molar-refractivity contribution < 1.29 is 4.79 Å². The Morgan fingerprint density at radius 3 is 2.73 bits per heavy atom. The first-order valence-electron chi connectivity index (χ1n) is 9.26. The third kappa shape index (κ3) is 4.04. The molecule has 26 heavy (non-hydrogen) atoms. The average molecular weight is 372 g/mol.